The average molecular weight is 312 g/mol. The molecule has 0 radical (unpaired) electrons. The van der Waals surface area contributed by atoms with E-state index in [0.717, 1.165) is 35.8 Å². The number of aryl methyl sites for hydroxylation is 1. The maximum atomic E-state index is 10.9. The van der Waals surface area contributed by atoms with Crippen LogP contribution in [0.1, 0.15) is 31.2 Å². The summed E-state index contributed by atoms with van der Waals surface area (Å²) in [6.07, 6.45) is 3.42. The van der Waals surface area contributed by atoms with Gasteiger partial charge in [0.05, 0.1) is 5.92 Å². The number of carboxylic acids is 1. The third kappa shape index (κ3) is 3.25. The van der Waals surface area contributed by atoms with E-state index in [-0.39, 0.29) is 5.92 Å². The highest BCUT2D eigenvalue weighted by Gasteiger charge is 2.25. The highest BCUT2D eigenvalue weighted by molar-refractivity contribution is 9.10. The predicted octanol–water partition coefficient (Wildman–Crippen LogP) is 3.81. The first kappa shape index (κ1) is 13.4. The van der Waals surface area contributed by atoms with Crippen molar-refractivity contribution in [1.29, 1.82) is 0 Å². The lowest BCUT2D eigenvalue weighted by Crippen LogP contribution is -2.29. The van der Waals surface area contributed by atoms with E-state index in [2.05, 4.69) is 46.4 Å². The molecule has 0 heterocycles. The number of benzene rings is 1. The molecule has 2 N–H and O–H groups in total. The molecule has 0 saturated heterocycles. The van der Waals surface area contributed by atoms with Crippen molar-refractivity contribution in [2.45, 2.75) is 38.6 Å². The van der Waals surface area contributed by atoms with Crippen LogP contribution in [0.5, 0.6) is 0 Å². The van der Waals surface area contributed by atoms with Gasteiger partial charge in [-0.2, -0.15) is 0 Å². The van der Waals surface area contributed by atoms with Gasteiger partial charge in [0.1, 0.15) is 0 Å². The van der Waals surface area contributed by atoms with Gasteiger partial charge in [0, 0.05) is 16.2 Å². The average Bonchev–Trinajstić information content (AvgIpc) is 2.34. The summed E-state index contributed by atoms with van der Waals surface area (Å²) < 4.78 is 1.10. The molecular formula is C14H18BrNO2. The van der Waals surface area contributed by atoms with Gasteiger partial charge in [-0.25, -0.2) is 0 Å². The standard InChI is InChI=1S/C14H18BrNO2/c1-9-2-5-12(8-13(9)15)16-11-6-3-10(4-7-11)14(17)18/h2,5,8,10-11,16H,3-4,6-7H2,1H3,(H,17,18). The lowest BCUT2D eigenvalue weighted by atomic mass is 9.86. The number of rotatable bonds is 3. The zero-order chi connectivity index (χ0) is 13.1. The van der Waals surface area contributed by atoms with Crippen molar-refractivity contribution in [1.82, 2.24) is 0 Å². The molecule has 3 nitrogen and oxygen atoms in total. The van der Waals surface area contributed by atoms with E-state index in [1.807, 2.05) is 0 Å². The SMILES string of the molecule is Cc1ccc(NC2CCC(C(=O)O)CC2)cc1Br. The van der Waals surface area contributed by atoms with Crippen LogP contribution in [-0.4, -0.2) is 17.1 Å². The molecule has 1 aliphatic rings. The Morgan fingerprint density at radius 3 is 2.56 bits per heavy atom. The number of aliphatic carboxylic acids is 1. The van der Waals surface area contributed by atoms with Gasteiger partial charge >= 0.3 is 5.97 Å². The molecule has 98 valence electrons. The minimum Gasteiger partial charge on any atom is -0.481 e. The smallest absolute Gasteiger partial charge is 0.306 e. The molecule has 0 aliphatic heterocycles. The number of hydrogen-bond acceptors (Lipinski definition) is 2. The topological polar surface area (TPSA) is 49.3 Å². The Morgan fingerprint density at radius 2 is 2.00 bits per heavy atom. The molecule has 0 atom stereocenters. The van der Waals surface area contributed by atoms with Gasteiger partial charge < -0.3 is 10.4 Å². The molecule has 1 fully saturated rings. The van der Waals surface area contributed by atoms with E-state index in [1.165, 1.54) is 5.56 Å². The molecule has 1 aromatic rings. The van der Waals surface area contributed by atoms with Gasteiger partial charge in [-0.05, 0) is 50.3 Å². The van der Waals surface area contributed by atoms with Crippen LogP contribution in [0.25, 0.3) is 0 Å². The summed E-state index contributed by atoms with van der Waals surface area (Å²) in [6.45, 7) is 2.06. The fourth-order valence-corrected chi connectivity index (χ4v) is 2.78. The Morgan fingerprint density at radius 1 is 1.33 bits per heavy atom. The van der Waals surface area contributed by atoms with Gasteiger partial charge in [-0.15, -0.1) is 0 Å². The second-order valence-corrected chi connectivity index (χ2v) is 5.85. The fourth-order valence-electron chi connectivity index (χ4n) is 2.40. The van der Waals surface area contributed by atoms with Crippen molar-refractivity contribution in [3.63, 3.8) is 0 Å². The number of hydrogen-bond donors (Lipinski definition) is 2. The van der Waals surface area contributed by atoms with Crippen molar-refractivity contribution in [2.24, 2.45) is 5.92 Å². The predicted molar refractivity (Wildman–Crippen MR) is 75.9 cm³/mol. The lowest BCUT2D eigenvalue weighted by Gasteiger charge is -2.27. The van der Waals surface area contributed by atoms with Gasteiger partial charge in [-0.1, -0.05) is 22.0 Å². The van der Waals surface area contributed by atoms with Gasteiger partial charge in [-0.3, -0.25) is 4.79 Å². The molecule has 0 amide bonds. The van der Waals surface area contributed by atoms with E-state index in [4.69, 9.17) is 5.11 Å². The van der Waals surface area contributed by atoms with Crippen molar-refractivity contribution < 1.29 is 9.90 Å². The van der Waals surface area contributed by atoms with Gasteiger partial charge in [0.15, 0.2) is 0 Å². The molecule has 1 aliphatic carbocycles. The van der Waals surface area contributed by atoms with E-state index >= 15 is 0 Å². The van der Waals surface area contributed by atoms with Crippen LogP contribution in [0.15, 0.2) is 22.7 Å². The first-order chi connectivity index (χ1) is 8.56. The molecule has 0 aromatic heterocycles. The number of anilines is 1. The molecular weight excluding hydrogens is 294 g/mol. The molecule has 0 spiro atoms. The first-order valence-corrected chi connectivity index (χ1v) is 7.11. The van der Waals surface area contributed by atoms with Crippen molar-refractivity contribution >= 4 is 27.6 Å². The summed E-state index contributed by atoms with van der Waals surface area (Å²) in [4.78, 5) is 10.9. The first-order valence-electron chi connectivity index (χ1n) is 6.32. The minimum atomic E-state index is -0.647. The van der Waals surface area contributed by atoms with Crippen LogP contribution < -0.4 is 5.32 Å². The van der Waals surface area contributed by atoms with Crippen molar-refractivity contribution in [2.75, 3.05) is 5.32 Å². The quantitative estimate of drug-likeness (QED) is 0.892. The molecule has 18 heavy (non-hydrogen) atoms. The zero-order valence-electron chi connectivity index (χ0n) is 10.4. The number of carboxylic acid groups (broad SMARTS) is 1. The molecule has 2 rings (SSSR count). The maximum Gasteiger partial charge on any atom is 0.306 e. The van der Waals surface area contributed by atoms with Crippen LogP contribution in [0.2, 0.25) is 0 Å². The lowest BCUT2D eigenvalue weighted by molar-refractivity contribution is -0.142. The van der Waals surface area contributed by atoms with E-state index in [9.17, 15) is 4.79 Å². The van der Waals surface area contributed by atoms with Crippen LogP contribution in [0.4, 0.5) is 5.69 Å². The second-order valence-electron chi connectivity index (χ2n) is 5.00. The number of nitrogens with one attached hydrogen (secondary N) is 1. The summed E-state index contributed by atoms with van der Waals surface area (Å²) in [5.41, 5.74) is 2.32. The van der Waals surface area contributed by atoms with Crippen LogP contribution in [0.3, 0.4) is 0 Å². The Labute approximate surface area is 116 Å². The van der Waals surface area contributed by atoms with Gasteiger partial charge in [0.25, 0.3) is 0 Å². The monoisotopic (exact) mass is 311 g/mol. The molecule has 0 unspecified atom stereocenters. The zero-order valence-corrected chi connectivity index (χ0v) is 12.0. The Hall–Kier alpha value is -1.03. The third-order valence-electron chi connectivity index (χ3n) is 3.62. The molecule has 4 heteroatoms. The van der Waals surface area contributed by atoms with Crippen LogP contribution in [-0.2, 0) is 4.79 Å². The van der Waals surface area contributed by atoms with E-state index in [0.29, 0.717) is 6.04 Å². The molecule has 0 bridgehead atoms. The summed E-state index contributed by atoms with van der Waals surface area (Å²) in [5, 5.41) is 12.4. The maximum absolute atomic E-state index is 10.9. The van der Waals surface area contributed by atoms with Crippen molar-refractivity contribution in [3.05, 3.63) is 28.2 Å². The highest BCUT2D eigenvalue weighted by Crippen LogP contribution is 2.28. The Kier molecular flexibility index (Phi) is 4.27. The van der Waals surface area contributed by atoms with Crippen LogP contribution in [0, 0.1) is 12.8 Å². The number of carbonyl (C=O) groups is 1. The number of halogens is 1. The van der Waals surface area contributed by atoms with E-state index in [1.54, 1.807) is 0 Å². The van der Waals surface area contributed by atoms with Crippen molar-refractivity contribution in [3.8, 4) is 0 Å². The second kappa shape index (κ2) is 5.74. The normalized spacial score (nSPS) is 23.7. The largest absolute Gasteiger partial charge is 0.481 e. The van der Waals surface area contributed by atoms with Crippen LogP contribution >= 0.6 is 15.9 Å². The summed E-state index contributed by atoms with van der Waals surface area (Å²) in [5.74, 6) is -0.792. The molecule has 1 aromatic carbocycles. The van der Waals surface area contributed by atoms with E-state index < -0.39 is 5.97 Å². The summed E-state index contributed by atoms with van der Waals surface area (Å²) in [6, 6.07) is 6.63. The minimum absolute atomic E-state index is 0.146. The van der Waals surface area contributed by atoms with Gasteiger partial charge in [0.2, 0.25) is 0 Å². The summed E-state index contributed by atoms with van der Waals surface area (Å²) in [7, 11) is 0. The third-order valence-corrected chi connectivity index (χ3v) is 4.47. The fraction of sp³-hybridized carbons (Fsp3) is 0.500. The molecule has 1 saturated carbocycles. The Bertz CT molecular complexity index is 439. The summed E-state index contributed by atoms with van der Waals surface area (Å²) >= 11 is 3.52. The Balaban J connectivity index is 1.91. The highest BCUT2D eigenvalue weighted by atomic mass is 79.9.